The molecule has 2 rings (SSSR count). The van der Waals surface area contributed by atoms with E-state index in [-0.39, 0.29) is 16.3 Å². The highest BCUT2D eigenvalue weighted by Crippen LogP contribution is 2.31. The van der Waals surface area contributed by atoms with Gasteiger partial charge < -0.3 is 5.73 Å². The zero-order valence-electron chi connectivity index (χ0n) is 13.8. The number of aliphatic imine (C=N–C) groups is 1. The molecule has 0 unspecified atom stereocenters. The summed E-state index contributed by atoms with van der Waals surface area (Å²) in [6, 6.07) is 6.62. The Bertz CT molecular complexity index is 632. The molecule has 0 aromatic heterocycles. The summed E-state index contributed by atoms with van der Waals surface area (Å²) in [5, 5.41) is 11.1. The quantitative estimate of drug-likeness (QED) is 0.288. The number of carbonyl (C=O) groups is 1. The van der Waals surface area contributed by atoms with Crippen LogP contribution >= 0.6 is 11.9 Å². The van der Waals surface area contributed by atoms with E-state index in [1.54, 1.807) is 24.3 Å². The molecule has 0 atom stereocenters. The molecule has 1 heterocycles. The molecule has 1 aliphatic rings. The van der Waals surface area contributed by atoms with Crippen molar-refractivity contribution in [3.05, 3.63) is 46.2 Å². The molecule has 130 valence electrons. The Labute approximate surface area is 145 Å². The van der Waals surface area contributed by atoms with Gasteiger partial charge in [0, 0.05) is 19.2 Å². The van der Waals surface area contributed by atoms with Crippen LogP contribution in [0.3, 0.4) is 0 Å². The number of nitrogens with zero attached hydrogens (tertiary/aromatic N) is 3. The van der Waals surface area contributed by atoms with Crippen LogP contribution in [-0.2, 0) is 4.79 Å². The van der Waals surface area contributed by atoms with Gasteiger partial charge in [0.2, 0.25) is 0 Å². The number of hydrogen-bond donors (Lipinski definition) is 1. The van der Waals surface area contributed by atoms with E-state index >= 15 is 0 Å². The summed E-state index contributed by atoms with van der Waals surface area (Å²) in [5.74, 6) is 0. The number of benzene rings is 1. The predicted octanol–water partition coefficient (Wildman–Crippen LogP) is 2.82. The zero-order valence-corrected chi connectivity index (χ0v) is 14.7. The molecule has 0 amide bonds. The summed E-state index contributed by atoms with van der Waals surface area (Å²) in [6.07, 6.45) is 2.96. The molecular formula is C16H22N4O3S. The van der Waals surface area contributed by atoms with Gasteiger partial charge in [0.25, 0.3) is 5.69 Å². The van der Waals surface area contributed by atoms with Crippen molar-refractivity contribution in [3.63, 3.8) is 0 Å². The molecule has 0 spiro atoms. The fraction of sp³-hybridized carbons (Fsp3) is 0.375. The Morgan fingerprint density at radius 3 is 2.79 bits per heavy atom. The molecule has 0 aliphatic carbocycles. The highest BCUT2D eigenvalue weighted by atomic mass is 32.2. The molecule has 0 bridgehead atoms. The van der Waals surface area contributed by atoms with E-state index < -0.39 is 0 Å². The summed E-state index contributed by atoms with van der Waals surface area (Å²) < 4.78 is 1.99. The Hall–Kier alpha value is -2.19. The summed E-state index contributed by atoms with van der Waals surface area (Å²) in [6.45, 7) is 5.87. The van der Waals surface area contributed by atoms with Gasteiger partial charge in [-0.1, -0.05) is 26.0 Å². The van der Waals surface area contributed by atoms with Crippen molar-refractivity contribution in [3.8, 4) is 0 Å². The lowest BCUT2D eigenvalue weighted by molar-refractivity contribution is -0.387. The van der Waals surface area contributed by atoms with E-state index in [2.05, 4.69) is 4.99 Å². The minimum Gasteiger partial charge on any atom is -0.396 e. The first-order valence-electron chi connectivity index (χ1n) is 7.72. The van der Waals surface area contributed by atoms with E-state index in [9.17, 15) is 14.9 Å². The van der Waals surface area contributed by atoms with Crippen molar-refractivity contribution in [1.82, 2.24) is 4.31 Å². The van der Waals surface area contributed by atoms with Gasteiger partial charge in [0.15, 0.2) is 6.29 Å². The number of nitrogens with two attached hydrogens (primary N) is 1. The first-order chi connectivity index (χ1) is 11.6. The van der Waals surface area contributed by atoms with Crippen LogP contribution in [0.15, 0.2) is 45.9 Å². The van der Waals surface area contributed by atoms with Gasteiger partial charge in [0.05, 0.1) is 22.9 Å². The van der Waals surface area contributed by atoms with Gasteiger partial charge in [-0.15, -0.1) is 0 Å². The van der Waals surface area contributed by atoms with Crippen LogP contribution < -0.4 is 5.73 Å². The van der Waals surface area contributed by atoms with E-state index in [1.165, 1.54) is 18.0 Å². The van der Waals surface area contributed by atoms with E-state index in [0.717, 1.165) is 13.0 Å². The van der Waals surface area contributed by atoms with Crippen LogP contribution in [-0.4, -0.2) is 40.9 Å². The maximum Gasteiger partial charge on any atom is 0.284 e. The minimum absolute atomic E-state index is 0.0817. The van der Waals surface area contributed by atoms with Gasteiger partial charge in [-0.25, -0.2) is 4.31 Å². The van der Waals surface area contributed by atoms with E-state index in [0.29, 0.717) is 30.0 Å². The predicted molar refractivity (Wildman–Crippen MR) is 97.1 cm³/mol. The molecule has 0 saturated heterocycles. The number of nitro benzene ring substituents is 1. The van der Waals surface area contributed by atoms with Crippen molar-refractivity contribution in [2.75, 3.05) is 19.6 Å². The summed E-state index contributed by atoms with van der Waals surface area (Å²) in [7, 11) is 0. The smallest absolute Gasteiger partial charge is 0.284 e. The molecule has 1 aromatic carbocycles. The van der Waals surface area contributed by atoms with Crippen LogP contribution in [0.5, 0.6) is 0 Å². The van der Waals surface area contributed by atoms with Crippen LogP contribution in [0, 0.1) is 10.1 Å². The molecular weight excluding hydrogens is 328 g/mol. The highest BCUT2D eigenvalue weighted by Gasteiger charge is 2.19. The highest BCUT2D eigenvalue weighted by molar-refractivity contribution is 7.97. The van der Waals surface area contributed by atoms with E-state index in [4.69, 9.17) is 5.73 Å². The maximum atomic E-state index is 11.1. The largest absolute Gasteiger partial charge is 0.396 e. The second-order valence-corrected chi connectivity index (χ2v) is 5.81. The monoisotopic (exact) mass is 350 g/mol. The minimum atomic E-state index is -0.389. The first kappa shape index (κ1) is 19.9. The van der Waals surface area contributed by atoms with Crippen molar-refractivity contribution in [2.24, 2.45) is 10.7 Å². The fourth-order valence-corrected chi connectivity index (χ4v) is 3.07. The zero-order chi connectivity index (χ0) is 17.9. The van der Waals surface area contributed by atoms with Crippen molar-refractivity contribution in [1.29, 1.82) is 0 Å². The van der Waals surface area contributed by atoms with Gasteiger partial charge in [-0.05, 0) is 30.5 Å². The topological polar surface area (TPSA) is 102 Å². The third-order valence-corrected chi connectivity index (χ3v) is 4.09. The molecule has 24 heavy (non-hydrogen) atoms. The number of hydrogen-bond acceptors (Lipinski definition) is 7. The second-order valence-electron chi connectivity index (χ2n) is 4.67. The first-order valence-corrected chi connectivity index (χ1v) is 8.49. The summed E-state index contributed by atoms with van der Waals surface area (Å²) in [4.78, 5) is 26.2. The number of para-hydroxylation sites is 1. The lowest BCUT2D eigenvalue weighted by Crippen LogP contribution is -2.23. The molecule has 7 nitrogen and oxygen atoms in total. The second kappa shape index (κ2) is 10.6. The van der Waals surface area contributed by atoms with Crippen molar-refractivity contribution < 1.29 is 9.72 Å². The van der Waals surface area contributed by atoms with Crippen LogP contribution in [0.4, 0.5) is 5.69 Å². The number of rotatable bonds is 5. The normalized spacial score (nSPS) is 15.6. The van der Waals surface area contributed by atoms with Crippen molar-refractivity contribution in [2.45, 2.75) is 25.2 Å². The Morgan fingerprint density at radius 2 is 2.12 bits per heavy atom. The van der Waals surface area contributed by atoms with Crippen LogP contribution in [0.25, 0.3) is 0 Å². The number of allylic oxidation sites excluding steroid dienone is 1. The summed E-state index contributed by atoms with van der Waals surface area (Å²) >= 11 is 1.32. The molecule has 8 heteroatoms. The van der Waals surface area contributed by atoms with Crippen molar-refractivity contribution >= 4 is 29.6 Å². The van der Waals surface area contributed by atoms with Gasteiger partial charge >= 0.3 is 0 Å². The Kier molecular flexibility index (Phi) is 8.74. The number of carbonyl (C=O) groups excluding carboxylic acids is 1. The molecule has 0 saturated carbocycles. The standard InChI is InChI=1S/C14H16N4O3S.C2H6/c15-11(10-19)8-12-9-17(7-3-6-16-12)22-14-5-2-1-4-13(14)18(20)21;1-2/h1-2,4-5,8,10H,3,6-7,9,15H2;1-2H3/b11-8-;. The van der Waals surface area contributed by atoms with Gasteiger partial charge in [-0.3, -0.25) is 19.9 Å². The molecule has 0 radical (unpaired) electrons. The summed E-state index contributed by atoms with van der Waals surface area (Å²) in [5.41, 5.74) is 6.42. The van der Waals surface area contributed by atoms with E-state index in [1.807, 2.05) is 18.2 Å². The molecule has 1 aliphatic heterocycles. The average Bonchev–Trinajstić information content (AvgIpc) is 2.81. The number of aldehydes is 1. The van der Waals surface area contributed by atoms with Crippen LogP contribution in [0.1, 0.15) is 20.3 Å². The Balaban J connectivity index is 0.00000139. The SMILES string of the molecule is CC.N/C(C=O)=C\C1=NCCCN(Sc2ccccc2[N+](=O)[O-])C1. The number of nitro groups is 1. The fourth-order valence-electron chi connectivity index (χ4n) is 2.00. The lowest BCUT2D eigenvalue weighted by atomic mass is 10.3. The average molecular weight is 350 g/mol. The van der Waals surface area contributed by atoms with Gasteiger partial charge in [-0.2, -0.15) is 0 Å². The molecule has 2 N–H and O–H groups in total. The third-order valence-electron chi connectivity index (χ3n) is 2.98. The molecule has 1 aromatic rings. The maximum absolute atomic E-state index is 11.1. The third kappa shape index (κ3) is 6.13. The lowest BCUT2D eigenvalue weighted by Gasteiger charge is -2.18. The molecule has 0 fully saturated rings. The van der Waals surface area contributed by atoms with Crippen LogP contribution in [0.2, 0.25) is 0 Å². The van der Waals surface area contributed by atoms with Gasteiger partial charge in [0.1, 0.15) is 4.90 Å². The Morgan fingerprint density at radius 1 is 1.42 bits per heavy atom.